The first-order chi connectivity index (χ1) is 8.85. The van der Waals surface area contributed by atoms with Gasteiger partial charge in [-0.1, -0.05) is 12.1 Å². The molecule has 0 spiro atoms. The van der Waals surface area contributed by atoms with Crippen molar-refractivity contribution in [3.63, 3.8) is 0 Å². The first-order valence-electron chi connectivity index (χ1n) is 6.04. The number of anilines is 1. The average molecular weight is 375 g/mol. The second-order valence-corrected chi connectivity index (χ2v) is 6.20. The molecule has 0 N–H and O–H groups in total. The van der Waals surface area contributed by atoms with Crippen molar-refractivity contribution in [2.45, 2.75) is 32.8 Å². The van der Waals surface area contributed by atoms with Gasteiger partial charge in [-0.15, -0.1) is 0 Å². The standard InChI is InChI=1S/C14H18INO3/c1-14(2,3)19-13(18)16(9-6-10-17)12-8-5-4-7-11(12)15/h4-5,7-8,10H,6,9H2,1-3H3. The van der Waals surface area contributed by atoms with Crippen LogP contribution in [0.4, 0.5) is 10.5 Å². The topological polar surface area (TPSA) is 46.6 Å². The number of hydrogen-bond acceptors (Lipinski definition) is 3. The minimum absolute atomic E-state index is 0.282. The molecule has 0 aliphatic carbocycles. The van der Waals surface area contributed by atoms with E-state index in [9.17, 15) is 9.59 Å². The molecular formula is C14H18INO3. The number of hydrogen-bond donors (Lipinski definition) is 0. The van der Waals surface area contributed by atoms with Gasteiger partial charge in [-0.3, -0.25) is 4.90 Å². The van der Waals surface area contributed by atoms with Gasteiger partial charge in [-0.05, 0) is 55.5 Å². The van der Waals surface area contributed by atoms with Crippen LogP contribution in [-0.2, 0) is 9.53 Å². The number of amides is 1. The Balaban J connectivity index is 2.98. The van der Waals surface area contributed by atoms with Crippen LogP contribution in [0.2, 0.25) is 0 Å². The average Bonchev–Trinajstić information content (AvgIpc) is 2.29. The van der Waals surface area contributed by atoms with Crippen molar-refractivity contribution in [3.8, 4) is 0 Å². The summed E-state index contributed by atoms with van der Waals surface area (Å²) in [6.45, 7) is 5.77. The maximum absolute atomic E-state index is 12.2. The Labute approximate surface area is 127 Å². The molecule has 1 aromatic rings. The number of carbonyl (C=O) groups is 2. The smallest absolute Gasteiger partial charge is 0.414 e. The molecule has 0 aromatic heterocycles. The van der Waals surface area contributed by atoms with E-state index in [1.54, 1.807) is 0 Å². The molecule has 0 heterocycles. The highest BCUT2D eigenvalue weighted by molar-refractivity contribution is 14.1. The highest BCUT2D eigenvalue weighted by Gasteiger charge is 2.24. The summed E-state index contributed by atoms with van der Waals surface area (Å²) in [4.78, 5) is 24.3. The van der Waals surface area contributed by atoms with E-state index in [0.29, 0.717) is 6.54 Å². The number of ether oxygens (including phenoxy) is 1. The van der Waals surface area contributed by atoms with Gasteiger partial charge in [0, 0.05) is 16.5 Å². The minimum atomic E-state index is -0.559. The Hall–Kier alpha value is -1.11. The van der Waals surface area contributed by atoms with E-state index in [-0.39, 0.29) is 6.42 Å². The van der Waals surface area contributed by atoms with Gasteiger partial charge >= 0.3 is 6.09 Å². The summed E-state index contributed by atoms with van der Waals surface area (Å²) in [5.74, 6) is 0. The third-order valence-electron chi connectivity index (χ3n) is 2.23. The van der Waals surface area contributed by atoms with Crippen LogP contribution in [0.1, 0.15) is 27.2 Å². The molecule has 1 amide bonds. The van der Waals surface area contributed by atoms with E-state index in [0.717, 1.165) is 15.5 Å². The molecule has 0 bridgehead atoms. The molecule has 0 unspecified atom stereocenters. The van der Waals surface area contributed by atoms with Crippen molar-refractivity contribution in [1.29, 1.82) is 0 Å². The highest BCUT2D eigenvalue weighted by Crippen LogP contribution is 2.24. The zero-order valence-corrected chi connectivity index (χ0v) is 13.5. The van der Waals surface area contributed by atoms with Crippen LogP contribution in [0.5, 0.6) is 0 Å². The fourth-order valence-corrected chi connectivity index (χ4v) is 2.16. The maximum Gasteiger partial charge on any atom is 0.414 e. The Bertz CT molecular complexity index is 454. The lowest BCUT2D eigenvalue weighted by molar-refractivity contribution is -0.107. The van der Waals surface area contributed by atoms with Gasteiger partial charge in [0.05, 0.1) is 5.69 Å². The molecule has 104 valence electrons. The van der Waals surface area contributed by atoms with E-state index >= 15 is 0 Å². The van der Waals surface area contributed by atoms with Crippen molar-refractivity contribution in [2.24, 2.45) is 0 Å². The molecular weight excluding hydrogens is 357 g/mol. The zero-order valence-electron chi connectivity index (χ0n) is 11.4. The molecule has 4 nitrogen and oxygen atoms in total. The minimum Gasteiger partial charge on any atom is -0.443 e. The monoisotopic (exact) mass is 375 g/mol. The van der Waals surface area contributed by atoms with Crippen molar-refractivity contribution in [3.05, 3.63) is 27.8 Å². The fraction of sp³-hybridized carbons (Fsp3) is 0.429. The van der Waals surface area contributed by atoms with E-state index in [2.05, 4.69) is 22.6 Å². The van der Waals surface area contributed by atoms with Crippen LogP contribution < -0.4 is 4.90 Å². The molecule has 0 aliphatic rings. The van der Waals surface area contributed by atoms with Crippen molar-refractivity contribution in [2.75, 3.05) is 11.4 Å². The number of aldehydes is 1. The van der Waals surface area contributed by atoms with E-state index in [1.165, 1.54) is 4.90 Å². The van der Waals surface area contributed by atoms with Gasteiger partial charge < -0.3 is 9.53 Å². The molecule has 0 atom stereocenters. The fourth-order valence-electron chi connectivity index (χ4n) is 1.48. The summed E-state index contributed by atoms with van der Waals surface area (Å²) >= 11 is 2.16. The van der Waals surface area contributed by atoms with Crippen molar-refractivity contribution >= 4 is 40.7 Å². The molecule has 0 radical (unpaired) electrons. The van der Waals surface area contributed by atoms with Crippen LogP contribution >= 0.6 is 22.6 Å². The molecule has 1 rings (SSSR count). The number of para-hydroxylation sites is 1. The first-order valence-corrected chi connectivity index (χ1v) is 7.11. The maximum atomic E-state index is 12.2. The lowest BCUT2D eigenvalue weighted by atomic mass is 10.2. The molecule has 5 heteroatoms. The summed E-state index contributed by atoms with van der Waals surface area (Å²) in [6.07, 6.45) is 0.649. The SMILES string of the molecule is CC(C)(C)OC(=O)N(CCC=O)c1ccccc1I. The van der Waals surface area contributed by atoms with E-state index in [1.807, 2.05) is 45.0 Å². The Morgan fingerprint density at radius 3 is 2.53 bits per heavy atom. The van der Waals surface area contributed by atoms with Gasteiger partial charge in [0.1, 0.15) is 11.9 Å². The van der Waals surface area contributed by atoms with Crippen LogP contribution in [0, 0.1) is 3.57 Å². The molecule has 1 aromatic carbocycles. The summed E-state index contributed by atoms with van der Waals surface area (Å²) < 4.78 is 6.32. The lowest BCUT2D eigenvalue weighted by Crippen LogP contribution is -2.38. The molecule has 0 fully saturated rings. The summed E-state index contributed by atoms with van der Waals surface area (Å²) in [5, 5.41) is 0. The highest BCUT2D eigenvalue weighted by atomic mass is 127. The Kier molecular flexibility index (Phi) is 5.78. The van der Waals surface area contributed by atoms with Gasteiger partial charge in [0.2, 0.25) is 0 Å². The first kappa shape index (κ1) is 15.9. The predicted molar refractivity (Wildman–Crippen MR) is 83.4 cm³/mol. The predicted octanol–water partition coefficient (Wildman–Crippen LogP) is 3.62. The molecule has 19 heavy (non-hydrogen) atoms. The summed E-state index contributed by atoms with van der Waals surface area (Å²) in [5.41, 5.74) is 0.204. The number of carbonyl (C=O) groups excluding carboxylic acids is 2. The largest absolute Gasteiger partial charge is 0.443 e. The third kappa shape index (κ3) is 5.18. The zero-order chi connectivity index (χ0) is 14.5. The molecule has 0 saturated carbocycles. The van der Waals surface area contributed by atoms with E-state index in [4.69, 9.17) is 4.74 Å². The molecule has 0 aliphatic heterocycles. The Morgan fingerprint density at radius 2 is 2.00 bits per heavy atom. The lowest BCUT2D eigenvalue weighted by Gasteiger charge is -2.27. The summed E-state index contributed by atoms with van der Waals surface area (Å²) in [6, 6.07) is 7.51. The number of nitrogens with zero attached hydrogens (tertiary/aromatic N) is 1. The quantitative estimate of drug-likeness (QED) is 0.597. The van der Waals surface area contributed by atoms with Gasteiger partial charge in [0.25, 0.3) is 0 Å². The van der Waals surface area contributed by atoms with Crippen molar-refractivity contribution in [1.82, 2.24) is 0 Å². The van der Waals surface area contributed by atoms with Crippen LogP contribution in [0.15, 0.2) is 24.3 Å². The van der Waals surface area contributed by atoms with Crippen LogP contribution in [0.25, 0.3) is 0 Å². The number of benzene rings is 1. The number of halogens is 1. The number of rotatable bonds is 4. The Morgan fingerprint density at radius 1 is 1.37 bits per heavy atom. The third-order valence-corrected chi connectivity index (χ3v) is 3.14. The van der Waals surface area contributed by atoms with Gasteiger partial charge in [-0.2, -0.15) is 0 Å². The van der Waals surface area contributed by atoms with Crippen LogP contribution in [-0.4, -0.2) is 24.5 Å². The van der Waals surface area contributed by atoms with Crippen LogP contribution in [0.3, 0.4) is 0 Å². The van der Waals surface area contributed by atoms with Gasteiger partial charge in [-0.25, -0.2) is 4.79 Å². The second kappa shape index (κ2) is 6.88. The summed E-state index contributed by atoms with van der Waals surface area (Å²) in [7, 11) is 0. The van der Waals surface area contributed by atoms with Gasteiger partial charge in [0.15, 0.2) is 0 Å². The normalized spacial score (nSPS) is 10.9. The van der Waals surface area contributed by atoms with Crippen molar-refractivity contribution < 1.29 is 14.3 Å². The molecule has 0 saturated heterocycles. The van der Waals surface area contributed by atoms with E-state index < -0.39 is 11.7 Å². The second-order valence-electron chi connectivity index (χ2n) is 5.04.